The smallest absolute Gasteiger partial charge is 0.152 e. The highest BCUT2D eigenvalue weighted by molar-refractivity contribution is 5.66. The topological polar surface area (TPSA) is 45.5 Å². The highest BCUT2D eigenvalue weighted by Gasteiger charge is 2.07. The number of hydrogen-bond donors (Lipinski definition) is 1. The van der Waals surface area contributed by atoms with Crippen molar-refractivity contribution in [1.82, 2.24) is 19.5 Å². The summed E-state index contributed by atoms with van der Waals surface area (Å²) in [6.45, 7) is 6.35. The van der Waals surface area contributed by atoms with Crippen LogP contribution < -0.4 is 5.32 Å². The molecule has 0 saturated heterocycles. The van der Waals surface area contributed by atoms with E-state index in [1.54, 1.807) is 12.4 Å². The first kappa shape index (κ1) is 12.8. The fourth-order valence-corrected chi connectivity index (χ4v) is 1.88. The van der Waals surface area contributed by atoms with Crippen molar-refractivity contribution in [3.05, 3.63) is 24.7 Å². The summed E-state index contributed by atoms with van der Waals surface area (Å²) in [7, 11) is 2.16. The summed E-state index contributed by atoms with van der Waals surface area (Å²) in [5.41, 5.74) is 1.02. The van der Waals surface area contributed by atoms with E-state index in [1.165, 1.54) is 6.42 Å². The molecule has 2 rings (SSSR count). The number of fused-ring (bicyclic) bond motifs is 1. The maximum Gasteiger partial charge on any atom is 0.152 e. The minimum absolute atomic E-state index is 0.616. The third-order valence-corrected chi connectivity index (χ3v) is 3.42. The van der Waals surface area contributed by atoms with E-state index in [1.807, 2.05) is 16.8 Å². The lowest BCUT2D eigenvalue weighted by Gasteiger charge is -2.23. The predicted octanol–water partition coefficient (Wildman–Crippen LogP) is 1.87. The van der Waals surface area contributed by atoms with Gasteiger partial charge in [0.15, 0.2) is 5.82 Å². The standard InChI is InChI=1S/C13H21N5/c1-4-11(2)17(3)9-7-14-13-12-5-6-16-18(12)10-8-15-13/h5-6,8,10-11H,4,7,9H2,1-3H3,(H,14,15). The molecule has 5 heteroatoms. The highest BCUT2D eigenvalue weighted by Crippen LogP contribution is 2.11. The van der Waals surface area contributed by atoms with Gasteiger partial charge in [-0.15, -0.1) is 0 Å². The van der Waals surface area contributed by atoms with E-state index >= 15 is 0 Å². The first-order chi connectivity index (χ1) is 8.72. The van der Waals surface area contributed by atoms with Gasteiger partial charge in [0.25, 0.3) is 0 Å². The molecule has 1 N–H and O–H groups in total. The average Bonchev–Trinajstić information content (AvgIpc) is 2.86. The van der Waals surface area contributed by atoms with Gasteiger partial charge >= 0.3 is 0 Å². The Kier molecular flexibility index (Phi) is 4.15. The summed E-state index contributed by atoms with van der Waals surface area (Å²) < 4.78 is 1.83. The quantitative estimate of drug-likeness (QED) is 0.846. The Morgan fingerprint density at radius 3 is 3.06 bits per heavy atom. The van der Waals surface area contributed by atoms with Gasteiger partial charge in [-0.05, 0) is 26.5 Å². The Balaban J connectivity index is 1.92. The van der Waals surface area contributed by atoms with Crippen molar-refractivity contribution in [3.8, 4) is 0 Å². The summed E-state index contributed by atoms with van der Waals surface area (Å²) in [4.78, 5) is 6.70. The van der Waals surface area contributed by atoms with Gasteiger partial charge in [-0.1, -0.05) is 6.92 Å². The maximum atomic E-state index is 4.35. The molecule has 0 bridgehead atoms. The molecule has 2 aromatic rings. The maximum absolute atomic E-state index is 4.35. The largest absolute Gasteiger partial charge is 0.367 e. The number of aromatic nitrogens is 3. The molecule has 1 unspecified atom stereocenters. The summed E-state index contributed by atoms with van der Waals surface area (Å²) >= 11 is 0. The van der Waals surface area contributed by atoms with Crippen LogP contribution in [0.25, 0.3) is 5.52 Å². The van der Waals surface area contributed by atoms with E-state index in [-0.39, 0.29) is 0 Å². The normalized spacial score (nSPS) is 13.1. The van der Waals surface area contributed by atoms with Crippen molar-refractivity contribution in [2.45, 2.75) is 26.3 Å². The van der Waals surface area contributed by atoms with Gasteiger partial charge in [0.1, 0.15) is 5.52 Å². The molecule has 0 radical (unpaired) electrons. The van der Waals surface area contributed by atoms with Gasteiger partial charge in [-0.3, -0.25) is 0 Å². The van der Waals surface area contributed by atoms with Crippen LogP contribution in [0.5, 0.6) is 0 Å². The molecule has 1 atom stereocenters. The van der Waals surface area contributed by atoms with E-state index < -0.39 is 0 Å². The second-order valence-corrected chi connectivity index (χ2v) is 4.60. The molecule has 0 aliphatic heterocycles. The van der Waals surface area contributed by atoms with Crippen molar-refractivity contribution < 1.29 is 0 Å². The molecular formula is C13H21N5. The van der Waals surface area contributed by atoms with E-state index in [0.717, 1.165) is 24.4 Å². The van der Waals surface area contributed by atoms with E-state index in [2.05, 4.69) is 41.2 Å². The van der Waals surface area contributed by atoms with Crippen LogP contribution in [0.3, 0.4) is 0 Å². The van der Waals surface area contributed by atoms with E-state index in [4.69, 9.17) is 0 Å². The van der Waals surface area contributed by atoms with Crippen LogP contribution >= 0.6 is 0 Å². The molecule has 0 amide bonds. The predicted molar refractivity (Wildman–Crippen MR) is 73.9 cm³/mol. The lowest BCUT2D eigenvalue weighted by molar-refractivity contribution is 0.261. The molecule has 0 aliphatic rings. The van der Waals surface area contributed by atoms with Crippen LogP contribution in [0.1, 0.15) is 20.3 Å². The molecule has 0 spiro atoms. The van der Waals surface area contributed by atoms with Crippen LogP contribution in [-0.4, -0.2) is 45.7 Å². The van der Waals surface area contributed by atoms with Gasteiger partial charge in [-0.25, -0.2) is 9.50 Å². The Bertz CT molecular complexity index is 493. The Morgan fingerprint density at radius 2 is 2.28 bits per heavy atom. The Labute approximate surface area is 108 Å². The molecule has 0 aliphatic carbocycles. The van der Waals surface area contributed by atoms with Crippen molar-refractivity contribution in [3.63, 3.8) is 0 Å². The first-order valence-corrected chi connectivity index (χ1v) is 6.45. The molecule has 2 aromatic heterocycles. The number of hydrogen-bond acceptors (Lipinski definition) is 4. The number of rotatable bonds is 6. The second-order valence-electron chi connectivity index (χ2n) is 4.60. The summed E-state index contributed by atoms with van der Waals surface area (Å²) in [6, 6.07) is 2.58. The third kappa shape index (κ3) is 2.79. The molecule has 18 heavy (non-hydrogen) atoms. The number of likely N-dealkylation sites (N-methyl/N-ethyl adjacent to an activating group) is 1. The summed E-state index contributed by atoms with van der Waals surface area (Å²) in [6.07, 6.45) is 6.58. The number of nitrogens with zero attached hydrogens (tertiary/aromatic N) is 4. The minimum Gasteiger partial charge on any atom is -0.367 e. The Hall–Kier alpha value is -1.62. The summed E-state index contributed by atoms with van der Waals surface area (Å²) in [5.74, 6) is 0.896. The van der Waals surface area contributed by atoms with Crippen LogP contribution in [0, 0.1) is 0 Å². The average molecular weight is 247 g/mol. The van der Waals surface area contributed by atoms with Gasteiger partial charge in [0, 0.05) is 31.5 Å². The fraction of sp³-hybridized carbons (Fsp3) is 0.538. The number of anilines is 1. The Morgan fingerprint density at radius 1 is 1.44 bits per heavy atom. The second kappa shape index (κ2) is 5.82. The zero-order chi connectivity index (χ0) is 13.0. The monoisotopic (exact) mass is 247 g/mol. The zero-order valence-electron chi connectivity index (χ0n) is 11.3. The minimum atomic E-state index is 0.616. The molecular weight excluding hydrogens is 226 g/mol. The van der Waals surface area contributed by atoms with Crippen molar-refractivity contribution in [1.29, 1.82) is 0 Å². The lowest BCUT2D eigenvalue weighted by atomic mass is 10.2. The lowest BCUT2D eigenvalue weighted by Crippen LogP contribution is -2.32. The molecule has 0 aromatic carbocycles. The fourth-order valence-electron chi connectivity index (χ4n) is 1.88. The van der Waals surface area contributed by atoms with Crippen molar-refractivity contribution in [2.24, 2.45) is 0 Å². The van der Waals surface area contributed by atoms with Crippen molar-refractivity contribution >= 4 is 11.3 Å². The molecule has 2 heterocycles. The number of nitrogens with one attached hydrogen (secondary N) is 1. The van der Waals surface area contributed by atoms with Gasteiger partial charge in [0.05, 0.1) is 6.20 Å². The third-order valence-electron chi connectivity index (χ3n) is 3.42. The van der Waals surface area contributed by atoms with E-state index in [0.29, 0.717) is 6.04 Å². The van der Waals surface area contributed by atoms with Crippen LogP contribution in [0.4, 0.5) is 5.82 Å². The highest BCUT2D eigenvalue weighted by atomic mass is 15.2. The van der Waals surface area contributed by atoms with E-state index in [9.17, 15) is 0 Å². The first-order valence-electron chi connectivity index (χ1n) is 6.45. The van der Waals surface area contributed by atoms with Crippen LogP contribution in [0.15, 0.2) is 24.7 Å². The molecule has 0 fully saturated rings. The van der Waals surface area contributed by atoms with Gasteiger partial charge < -0.3 is 10.2 Å². The van der Waals surface area contributed by atoms with Gasteiger partial charge in [-0.2, -0.15) is 5.10 Å². The van der Waals surface area contributed by atoms with Crippen molar-refractivity contribution in [2.75, 3.05) is 25.5 Å². The molecule has 98 valence electrons. The van der Waals surface area contributed by atoms with Crippen LogP contribution in [0.2, 0.25) is 0 Å². The summed E-state index contributed by atoms with van der Waals surface area (Å²) in [5, 5.41) is 7.56. The van der Waals surface area contributed by atoms with Gasteiger partial charge in [0.2, 0.25) is 0 Å². The molecule has 5 nitrogen and oxygen atoms in total. The SMILES string of the molecule is CCC(C)N(C)CCNc1nccn2nccc12. The molecule has 0 saturated carbocycles. The van der Waals surface area contributed by atoms with Crippen LogP contribution in [-0.2, 0) is 0 Å². The zero-order valence-corrected chi connectivity index (χ0v) is 11.3.